The molecule has 0 unspecified atom stereocenters. The monoisotopic (exact) mass is 417 g/mol. The summed E-state index contributed by atoms with van der Waals surface area (Å²) in [5.74, 6) is -0.256. The van der Waals surface area contributed by atoms with Gasteiger partial charge in [-0.05, 0) is 44.9 Å². The van der Waals surface area contributed by atoms with Crippen LogP contribution in [0.15, 0.2) is 27.6 Å². The van der Waals surface area contributed by atoms with Crippen LogP contribution in [0.2, 0.25) is 10.0 Å². The van der Waals surface area contributed by atoms with E-state index < -0.39 is 22.0 Å². The Kier molecular flexibility index (Phi) is 5.30. The zero-order chi connectivity index (χ0) is 19.1. The number of amides is 1. The van der Waals surface area contributed by atoms with Gasteiger partial charge in [-0.25, -0.2) is 8.42 Å². The summed E-state index contributed by atoms with van der Waals surface area (Å²) in [6, 6.07) is 3.84. The van der Waals surface area contributed by atoms with Crippen molar-refractivity contribution in [2.75, 3.05) is 11.9 Å². The molecule has 1 aliphatic rings. The number of aromatic nitrogens is 1. The minimum atomic E-state index is -3.90. The van der Waals surface area contributed by atoms with Crippen molar-refractivity contribution < 1.29 is 17.7 Å². The molecule has 1 fully saturated rings. The molecule has 2 aromatic rings. The fraction of sp³-hybridized carbons (Fsp3) is 0.375. The summed E-state index contributed by atoms with van der Waals surface area (Å²) in [4.78, 5) is 12.7. The second-order valence-corrected chi connectivity index (χ2v) is 8.71. The Balaban J connectivity index is 1.88. The quantitative estimate of drug-likeness (QED) is 0.822. The summed E-state index contributed by atoms with van der Waals surface area (Å²) in [6.45, 7) is 3.33. The van der Waals surface area contributed by atoms with Gasteiger partial charge in [0, 0.05) is 11.6 Å². The second-order valence-electron chi connectivity index (χ2n) is 6.04. The first-order valence-electron chi connectivity index (χ1n) is 7.92. The van der Waals surface area contributed by atoms with Crippen LogP contribution in [0.5, 0.6) is 0 Å². The third-order valence-electron chi connectivity index (χ3n) is 4.23. The van der Waals surface area contributed by atoms with Gasteiger partial charge in [-0.2, -0.15) is 4.31 Å². The van der Waals surface area contributed by atoms with Crippen molar-refractivity contribution in [3.8, 4) is 0 Å². The lowest BCUT2D eigenvalue weighted by molar-refractivity contribution is -0.119. The lowest BCUT2D eigenvalue weighted by Gasteiger charge is -2.23. The minimum Gasteiger partial charge on any atom is -0.360 e. The Morgan fingerprint density at radius 3 is 2.73 bits per heavy atom. The van der Waals surface area contributed by atoms with Crippen LogP contribution in [0.25, 0.3) is 0 Å². The second kappa shape index (κ2) is 7.19. The highest BCUT2D eigenvalue weighted by atomic mass is 35.5. The largest absolute Gasteiger partial charge is 0.360 e. The number of hydrogen-bond donors (Lipinski definition) is 1. The maximum absolute atomic E-state index is 13.0. The predicted octanol–water partition coefficient (Wildman–Crippen LogP) is 3.39. The van der Waals surface area contributed by atoms with Crippen molar-refractivity contribution in [1.82, 2.24) is 9.46 Å². The Bertz CT molecular complexity index is 939. The first-order chi connectivity index (χ1) is 12.2. The van der Waals surface area contributed by atoms with Gasteiger partial charge in [-0.1, -0.05) is 28.4 Å². The number of hydrogen-bond acceptors (Lipinski definition) is 5. The van der Waals surface area contributed by atoms with E-state index in [1.54, 1.807) is 19.1 Å². The topological polar surface area (TPSA) is 92.5 Å². The Morgan fingerprint density at radius 2 is 2.08 bits per heavy atom. The van der Waals surface area contributed by atoms with Crippen LogP contribution < -0.4 is 5.32 Å². The van der Waals surface area contributed by atoms with Crippen LogP contribution in [0.4, 0.5) is 5.69 Å². The van der Waals surface area contributed by atoms with Gasteiger partial charge in [-0.3, -0.25) is 4.79 Å². The van der Waals surface area contributed by atoms with E-state index in [0.717, 1.165) is 0 Å². The predicted molar refractivity (Wildman–Crippen MR) is 98.0 cm³/mol. The average molecular weight is 418 g/mol. The summed E-state index contributed by atoms with van der Waals surface area (Å²) >= 11 is 12.0. The van der Waals surface area contributed by atoms with E-state index in [1.165, 1.54) is 17.3 Å². The molecule has 1 aliphatic heterocycles. The van der Waals surface area contributed by atoms with Crippen molar-refractivity contribution in [1.29, 1.82) is 0 Å². The number of nitrogens with one attached hydrogen (secondary N) is 1. The van der Waals surface area contributed by atoms with Gasteiger partial charge in [0.05, 0.1) is 10.7 Å². The smallest absolute Gasteiger partial charge is 0.249 e. The summed E-state index contributed by atoms with van der Waals surface area (Å²) in [5, 5.41) is 7.10. The molecule has 1 aromatic heterocycles. The molecule has 26 heavy (non-hydrogen) atoms. The van der Waals surface area contributed by atoms with Crippen LogP contribution in [-0.4, -0.2) is 36.4 Å². The van der Waals surface area contributed by atoms with E-state index in [4.69, 9.17) is 27.7 Å². The van der Waals surface area contributed by atoms with Gasteiger partial charge in [0.15, 0.2) is 5.76 Å². The number of anilines is 1. The van der Waals surface area contributed by atoms with E-state index in [0.29, 0.717) is 28.6 Å². The van der Waals surface area contributed by atoms with Gasteiger partial charge in [-0.15, -0.1) is 0 Å². The summed E-state index contributed by atoms with van der Waals surface area (Å²) < 4.78 is 32.2. The highest BCUT2D eigenvalue weighted by Gasteiger charge is 2.42. The van der Waals surface area contributed by atoms with Gasteiger partial charge >= 0.3 is 0 Å². The first-order valence-corrected chi connectivity index (χ1v) is 10.1. The number of halogens is 2. The molecule has 0 saturated carbocycles. The van der Waals surface area contributed by atoms with Crippen molar-refractivity contribution in [2.24, 2.45) is 0 Å². The molecule has 1 saturated heterocycles. The molecular formula is C16H17Cl2N3O4S. The third-order valence-corrected chi connectivity index (χ3v) is 6.95. The molecule has 1 amide bonds. The van der Waals surface area contributed by atoms with Crippen LogP contribution in [0.1, 0.15) is 24.3 Å². The Hall–Kier alpha value is -1.61. The molecule has 0 aliphatic carbocycles. The van der Waals surface area contributed by atoms with Crippen LogP contribution in [0.3, 0.4) is 0 Å². The zero-order valence-electron chi connectivity index (χ0n) is 14.1. The molecule has 1 aromatic carbocycles. The first kappa shape index (κ1) is 19.2. The summed E-state index contributed by atoms with van der Waals surface area (Å²) in [5.41, 5.74) is 0.609. The number of rotatable bonds is 4. The van der Waals surface area contributed by atoms with Crippen LogP contribution in [0, 0.1) is 13.8 Å². The van der Waals surface area contributed by atoms with Crippen molar-refractivity contribution in [3.63, 3.8) is 0 Å². The maximum Gasteiger partial charge on any atom is 0.249 e. The van der Waals surface area contributed by atoms with Crippen molar-refractivity contribution in [3.05, 3.63) is 39.7 Å². The van der Waals surface area contributed by atoms with Crippen molar-refractivity contribution in [2.45, 2.75) is 37.6 Å². The maximum atomic E-state index is 13.0. The van der Waals surface area contributed by atoms with E-state index in [1.807, 2.05) is 0 Å². The molecule has 0 bridgehead atoms. The lowest BCUT2D eigenvalue weighted by atomic mass is 10.2. The molecule has 140 valence electrons. The van der Waals surface area contributed by atoms with E-state index in [-0.39, 0.29) is 22.9 Å². The van der Waals surface area contributed by atoms with Crippen LogP contribution >= 0.6 is 23.2 Å². The molecule has 3 rings (SSSR count). The standard InChI is InChI=1S/C16H17Cl2N3O4S/c1-9-15(10(2)25-20-9)26(23,24)21-7-3-4-14(21)16(22)19-13-8-11(17)5-6-12(13)18/h5-6,8,14H,3-4,7H2,1-2H3,(H,19,22)/t14-/m0/s1. The molecule has 0 radical (unpaired) electrons. The molecule has 1 N–H and O–H groups in total. The lowest BCUT2D eigenvalue weighted by Crippen LogP contribution is -2.43. The summed E-state index contributed by atoms with van der Waals surface area (Å²) in [7, 11) is -3.90. The van der Waals surface area contributed by atoms with Gasteiger partial charge in [0.1, 0.15) is 16.6 Å². The molecule has 10 heteroatoms. The van der Waals surface area contributed by atoms with Crippen LogP contribution in [-0.2, 0) is 14.8 Å². The van der Waals surface area contributed by atoms with Gasteiger partial charge in [0.2, 0.25) is 15.9 Å². The number of benzene rings is 1. The number of carbonyl (C=O) groups is 1. The number of nitrogens with zero attached hydrogens (tertiary/aromatic N) is 2. The fourth-order valence-electron chi connectivity index (χ4n) is 3.06. The number of aryl methyl sites for hydroxylation is 2. The fourth-order valence-corrected chi connectivity index (χ4v) is 5.35. The van der Waals surface area contributed by atoms with Gasteiger partial charge < -0.3 is 9.84 Å². The normalized spacial score (nSPS) is 18.2. The third kappa shape index (κ3) is 3.46. The molecule has 2 heterocycles. The Morgan fingerprint density at radius 1 is 1.35 bits per heavy atom. The van der Waals surface area contributed by atoms with E-state index in [2.05, 4.69) is 10.5 Å². The number of sulfonamides is 1. The van der Waals surface area contributed by atoms with E-state index >= 15 is 0 Å². The number of carbonyl (C=O) groups excluding carboxylic acids is 1. The van der Waals surface area contributed by atoms with Crippen molar-refractivity contribution >= 4 is 44.8 Å². The highest BCUT2D eigenvalue weighted by Crippen LogP contribution is 2.31. The molecular weight excluding hydrogens is 401 g/mol. The zero-order valence-corrected chi connectivity index (χ0v) is 16.5. The Labute approximate surface area is 161 Å². The highest BCUT2D eigenvalue weighted by molar-refractivity contribution is 7.89. The van der Waals surface area contributed by atoms with E-state index in [9.17, 15) is 13.2 Å². The minimum absolute atomic E-state index is 0.0120. The average Bonchev–Trinajstić information content (AvgIpc) is 3.18. The molecule has 7 nitrogen and oxygen atoms in total. The summed E-state index contributed by atoms with van der Waals surface area (Å²) in [6.07, 6.45) is 0.983. The molecule has 0 spiro atoms. The molecule has 1 atom stereocenters. The SMILES string of the molecule is Cc1noc(C)c1S(=O)(=O)N1CCC[C@H]1C(=O)Nc1cc(Cl)ccc1Cl. The van der Waals surface area contributed by atoms with Gasteiger partial charge in [0.25, 0.3) is 0 Å².